The number of halogens is 1. The second kappa shape index (κ2) is 3.31. The van der Waals surface area contributed by atoms with Gasteiger partial charge in [0.2, 0.25) is 0 Å². The van der Waals surface area contributed by atoms with Gasteiger partial charge in [0, 0.05) is 10.0 Å². The summed E-state index contributed by atoms with van der Waals surface area (Å²) < 4.78 is 0.805. The molecule has 0 N–H and O–H groups in total. The molecule has 0 radical (unpaired) electrons. The van der Waals surface area contributed by atoms with Crippen LogP contribution in [-0.4, -0.2) is 6.29 Å². The summed E-state index contributed by atoms with van der Waals surface area (Å²) in [6.45, 7) is 0. The van der Waals surface area contributed by atoms with E-state index in [9.17, 15) is 4.79 Å². The van der Waals surface area contributed by atoms with Crippen LogP contribution in [0.25, 0.3) is 0 Å². The lowest BCUT2D eigenvalue weighted by molar-refractivity contribution is 0.112. The lowest BCUT2D eigenvalue weighted by Crippen LogP contribution is -1.85. The van der Waals surface area contributed by atoms with E-state index in [2.05, 4.69) is 15.9 Å². The molecule has 0 bridgehead atoms. The molecule has 3 heteroatoms. The van der Waals surface area contributed by atoms with Crippen LogP contribution in [-0.2, 0) is 0 Å². The van der Waals surface area contributed by atoms with Crippen molar-refractivity contribution in [1.82, 2.24) is 0 Å². The van der Waals surface area contributed by atoms with E-state index < -0.39 is 0 Å². The molecule has 2 nitrogen and oxygen atoms in total. The maximum atomic E-state index is 10.3. The smallest absolute Gasteiger partial charge is 0.151 e. The minimum Gasteiger partial charge on any atom is -0.298 e. The van der Waals surface area contributed by atoms with Crippen molar-refractivity contribution in [3.05, 3.63) is 33.8 Å². The Kier molecular flexibility index (Phi) is 2.40. The fourth-order valence-corrected chi connectivity index (χ4v) is 1.09. The molecule has 1 rings (SSSR count). The summed E-state index contributed by atoms with van der Waals surface area (Å²) in [5, 5.41) is 8.54. The Bertz CT molecular complexity index is 327. The summed E-state index contributed by atoms with van der Waals surface area (Å²) in [7, 11) is 0. The van der Waals surface area contributed by atoms with Crippen molar-refractivity contribution in [3.63, 3.8) is 0 Å². The molecule has 0 aliphatic carbocycles. The first kappa shape index (κ1) is 7.96. The Morgan fingerprint density at radius 2 is 2.27 bits per heavy atom. The third-order valence-corrected chi connectivity index (χ3v) is 1.76. The standard InChI is InChI=1S/C8H4BrNO/c9-8-2-1-6(5-11)7(3-8)4-10/h1-3,5H. The summed E-state index contributed by atoms with van der Waals surface area (Å²) in [6, 6.07) is 6.87. The first-order valence-corrected chi connectivity index (χ1v) is 3.72. The van der Waals surface area contributed by atoms with E-state index in [-0.39, 0.29) is 0 Å². The van der Waals surface area contributed by atoms with E-state index in [1.807, 2.05) is 6.07 Å². The Morgan fingerprint density at radius 3 is 2.82 bits per heavy atom. The maximum Gasteiger partial charge on any atom is 0.151 e. The van der Waals surface area contributed by atoms with Gasteiger partial charge in [-0.15, -0.1) is 0 Å². The highest BCUT2D eigenvalue weighted by molar-refractivity contribution is 9.10. The first-order chi connectivity index (χ1) is 5.27. The lowest BCUT2D eigenvalue weighted by atomic mass is 10.1. The highest BCUT2D eigenvalue weighted by Gasteiger charge is 1.99. The Labute approximate surface area is 72.6 Å². The second-order valence-electron chi connectivity index (χ2n) is 1.96. The van der Waals surface area contributed by atoms with E-state index in [0.717, 1.165) is 4.47 Å². The summed E-state index contributed by atoms with van der Waals surface area (Å²) in [5.41, 5.74) is 0.824. The number of rotatable bonds is 1. The third-order valence-electron chi connectivity index (χ3n) is 1.26. The van der Waals surface area contributed by atoms with Crippen LogP contribution in [0.1, 0.15) is 15.9 Å². The molecule has 0 atom stereocenters. The van der Waals surface area contributed by atoms with Crippen molar-refractivity contribution in [3.8, 4) is 6.07 Å². The van der Waals surface area contributed by atoms with E-state index in [4.69, 9.17) is 5.26 Å². The van der Waals surface area contributed by atoms with Crippen LogP contribution in [0.3, 0.4) is 0 Å². The average Bonchev–Trinajstić information content (AvgIpc) is 2.04. The fraction of sp³-hybridized carbons (Fsp3) is 0. The summed E-state index contributed by atoms with van der Waals surface area (Å²) >= 11 is 3.20. The number of carbonyl (C=O) groups is 1. The van der Waals surface area contributed by atoms with Crippen LogP contribution >= 0.6 is 15.9 Å². The number of nitriles is 1. The number of carbonyl (C=O) groups excluding carboxylic acids is 1. The zero-order valence-electron chi connectivity index (χ0n) is 5.54. The van der Waals surface area contributed by atoms with E-state index in [1.54, 1.807) is 18.2 Å². The van der Waals surface area contributed by atoms with Gasteiger partial charge in [-0.2, -0.15) is 5.26 Å². The molecule has 0 unspecified atom stereocenters. The monoisotopic (exact) mass is 209 g/mol. The topological polar surface area (TPSA) is 40.9 Å². The van der Waals surface area contributed by atoms with E-state index >= 15 is 0 Å². The van der Waals surface area contributed by atoms with Crippen molar-refractivity contribution in [2.24, 2.45) is 0 Å². The largest absolute Gasteiger partial charge is 0.298 e. The molecule has 0 aromatic heterocycles. The van der Waals surface area contributed by atoms with Crippen molar-refractivity contribution in [1.29, 1.82) is 5.26 Å². The Hall–Kier alpha value is -1.14. The van der Waals surface area contributed by atoms with Crippen LogP contribution in [0.5, 0.6) is 0 Å². The van der Waals surface area contributed by atoms with Crippen LogP contribution in [0.2, 0.25) is 0 Å². The number of nitrogens with zero attached hydrogens (tertiary/aromatic N) is 1. The number of aldehydes is 1. The van der Waals surface area contributed by atoms with Crippen LogP contribution in [0.4, 0.5) is 0 Å². The van der Waals surface area contributed by atoms with Gasteiger partial charge < -0.3 is 0 Å². The molecule has 11 heavy (non-hydrogen) atoms. The molecule has 1 aromatic carbocycles. The van der Waals surface area contributed by atoms with Crippen LogP contribution in [0.15, 0.2) is 22.7 Å². The second-order valence-corrected chi connectivity index (χ2v) is 2.88. The molecule has 0 heterocycles. The van der Waals surface area contributed by atoms with Crippen LogP contribution in [0, 0.1) is 11.3 Å². The van der Waals surface area contributed by atoms with Crippen molar-refractivity contribution < 1.29 is 4.79 Å². The Morgan fingerprint density at radius 1 is 1.55 bits per heavy atom. The maximum absolute atomic E-state index is 10.3. The molecule has 0 saturated heterocycles. The fourth-order valence-electron chi connectivity index (χ4n) is 0.728. The van der Waals surface area contributed by atoms with E-state index in [1.165, 1.54) is 0 Å². The number of hydrogen-bond donors (Lipinski definition) is 0. The molecule has 0 amide bonds. The normalized spacial score (nSPS) is 8.73. The number of hydrogen-bond acceptors (Lipinski definition) is 2. The van der Waals surface area contributed by atoms with Gasteiger partial charge in [-0.1, -0.05) is 15.9 Å². The molecular formula is C8H4BrNO. The predicted octanol–water partition coefficient (Wildman–Crippen LogP) is 2.13. The average molecular weight is 210 g/mol. The summed E-state index contributed by atoms with van der Waals surface area (Å²) in [5.74, 6) is 0. The van der Waals surface area contributed by atoms with Gasteiger partial charge in [-0.3, -0.25) is 4.79 Å². The lowest BCUT2D eigenvalue weighted by Gasteiger charge is -1.94. The van der Waals surface area contributed by atoms with Gasteiger partial charge in [0.15, 0.2) is 6.29 Å². The van der Waals surface area contributed by atoms with E-state index in [0.29, 0.717) is 17.4 Å². The summed E-state index contributed by atoms with van der Waals surface area (Å²) in [6.07, 6.45) is 0.672. The molecular weight excluding hydrogens is 206 g/mol. The first-order valence-electron chi connectivity index (χ1n) is 2.93. The molecule has 0 saturated carbocycles. The highest BCUT2D eigenvalue weighted by Crippen LogP contribution is 2.14. The third kappa shape index (κ3) is 1.66. The molecule has 0 aliphatic rings. The Balaban J connectivity index is 3.30. The molecule has 54 valence electrons. The van der Waals surface area contributed by atoms with Gasteiger partial charge in [-0.05, 0) is 18.2 Å². The quantitative estimate of drug-likeness (QED) is 0.666. The summed E-state index contributed by atoms with van der Waals surface area (Å²) in [4.78, 5) is 10.3. The SMILES string of the molecule is N#Cc1cc(Br)ccc1C=O. The van der Waals surface area contributed by atoms with Gasteiger partial charge in [0.1, 0.15) is 0 Å². The highest BCUT2D eigenvalue weighted by atomic mass is 79.9. The minimum atomic E-state index is 0.398. The van der Waals surface area contributed by atoms with Crippen molar-refractivity contribution in [2.45, 2.75) is 0 Å². The van der Waals surface area contributed by atoms with Gasteiger partial charge >= 0.3 is 0 Å². The molecule has 0 aliphatic heterocycles. The molecule has 0 fully saturated rings. The molecule has 1 aromatic rings. The van der Waals surface area contributed by atoms with Gasteiger partial charge in [0.25, 0.3) is 0 Å². The van der Waals surface area contributed by atoms with Crippen LogP contribution < -0.4 is 0 Å². The predicted molar refractivity (Wildman–Crippen MR) is 44.2 cm³/mol. The van der Waals surface area contributed by atoms with Gasteiger partial charge in [-0.25, -0.2) is 0 Å². The molecule has 0 spiro atoms. The zero-order valence-corrected chi connectivity index (χ0v) is 7.13. The number of benzene rings is 1. The zero-order chi connectivity index (χ0) is 8.27. The van der Waals surface area contributed by atoms with Crippen molar-refractivity contribution >= 4 is 22.2 Å². The van der Waals surface area contributed by atoms with Gasteiger partial charge in [0.05, 0.1) is 11.6 Å². The van der Waals surface area contributed by atoms with Crippen molar-refractivity contribution in [2.75, 3.05) is 0 Å². The minimum absolute atomic E-state index is 0.398.